The number of hydrogen-bond acceptors (Lipinski definition) is 4. The van der Waals surface area contributed by atoms with Crippen LogP contribution in [0.5, 0.6) is 5.75 Å². The highest BCUT2D eigenvalue weighted by molar-refractivity contribution is 5.69. The molecule has 3 N–H and O–H groups in total. The van der Waals surface area contributed by atoms with Gasteiger partial charge in [0, 0.05) is 25.3 Å². The lowest BCUT2D eigenvalue weighted by atomic mass is 9.89. The van der Waals surface area contributed by atoms with Gasteiger partial charge in [-0.15, -0.1) is 0 Å². The number of hydrogen-bond donors (Lipinski definition) is 2. The monoisotopic (exact) mass is 254 g/mol. The average molecular weight is 254 g/mol. The fraction of sp³-hybridized carbons (Fsp3) is 0.538. The Kier molecular flexibility index (Phi) is 3.91. The molecule has 1 fully saturated rings. The van der Waals surface area contributed by atoms with Crippen LogP contribution < -0.4 is 15.8 Å². The van der Waals surface area contributed by atoms with Crippen LogP contribution in [0.4, 0.5) is 15.8 Å². The van der Waals surface area contributed by atoms with Gasteiger partial charge in [-0.3, -0.25) is 0 Å². The molecule has 2 rings (SSSR count). The zero-order valence-electron chi connectivity index (χ0n) is 10.7. The fourth-order valence-corrected chi connectivity index (χ4v) is 2.06. The molecule has 0 unspecified atom stereocenters. The quantitative estimate of drug-likeness (QED) is 0.792. The van der Waals surface area contributed by atoms with Gasteiger partial charge in [0.1, 0.15) is 0 Å². The van der Waals surface area contributed by atoms with E-state index in [1.54, 1.807) is 13.2 Å². The number of nitrogen functional groups attached to an aromatic ring is 1. The zero-order valence-corrected chi connectivity index (χ0v) is 10.7. The van der Waals surface area contributed by atoms with E-state index >= 15 is 0 Å². The van der Waals surface area contributed by atoms with Gasteiger partial charge >= 0.3 is 0 Å². The molecular formula is C13H19FN2O2. The van der Waals surface area contributed by atoms with E-state index < -0.39 is 5.82 Å². The van der Waals surface area contributed by atoms with E-state index in [1.807, 2.05) is 6.92 Å². The second-order valence-electron chi connectivity index (χ2n) is 4.47. The van der Waals surface area contributed by atoms with Gasteiger partial charge in [-0.1, -0.05) is 0 Å². The zero-order chi connectivity index (χ0) is 13.1. The van der Waals surface area contributed by atoms with E-state index in [4.69, 9.17) is 15.2 Å². The van der Waals surface area contributed by atoms with E-state index in [2.05, 4.69) is 5.32 Å². The van der Waals surface area contributed by atoms with Gasteiger partial charge in [-0.05, 0) is 19.8 Å². The SMILES string of the molecule is CCOc1cc(NC2CC(OC)C2)c(N)cc1F. The predicted octanol–water partition coefficient (Wildman–Crippen LogP) is 2.40. The highest BCUT2D eigenvalue weighted by atomic mass is 19.1. The third-order valence-electron chi connectivity index (χ3n) is 3.19. The molecule has 0 radical (unpaired) electrons. The number of rotatable bonds is 5. The van der Waals surface area contributed by atoms with Crippen LogP contribution in [0.15, 0.2) is 12.1 Å². The molecule has 1 aromatic rings. The fourth-order valence-electron chi connectivity index (χ4n) is 2.06. The Morgan fingerprint density at radius 3 is 2.78 bits per heavy atom. The van der Waals surface area contributed by atoms with Crippen LogP contribution in [0.2, 0.25) is 0 Å². The Balaban J connectivity index is 2.05. The molecule has 0 heterocycles. The van der Waals surface area contributed by atoms with Crippen LogP contribution >= 0.6 is 0 Å². The van der Waals surface area contributed by atoms with Gasteiger partial charge in [0.2, 0.25) is 0 Å². The molecular weight excluding hydrogens is 235 g/mol. The van der Waals surface area contributed by atoms with E-state index in [-0.39, 0.29) is 5.75 Å². The van der Waals surface area contributed by atoms with Crippen molar-refractivity contribution in [1.82, 2.24) is 0 Å². The number of halogens is 1. The van der Waals surface area contributed by atoms with Crippen molar-refractivity contribution in [2.75, 3.05) is 24.8 Å². The summed E-state index contributed by atoms with van der Waals surface area (Å²) in [6.45, 7) is 2.24. The number of benzene rings is 1. The lowest BCUT2D eigenvalue weighted by molar-refractivity contribution is 0.0329. The molecule has 1 aromatic carbocycles. The molecule has 0 atom stereocenters. The number of nitrogens with two attached hydrogens (primary N) is 1. The third kappa shape index (κ3) is 2.67. The van der Waals surface area contributed by atoms with Crippen LogP contribution in [0.25, 0.3) is 0 Å². The molecule has 0 amide bonds. The van der Waals surface area contributed by atoms with Gasteiger partial charge in [0.05, 0.1) is 24.1 Å². The Morgan fingerprint density at radius 1 is 1.44 bits per heavy atom. The molecule has 1 aliphatic carbocycles. The summed E-state index contributed by atoms with van der Waals surface area (Å²) in [5, 5.41) is 3.29. The minimum absolute atomic E-state index is 0.233. The molecule has 0 spiro atoms. The van der Waals surface area contributed by atoms with Crippen molar-refractivity contribution in [2.24, 2.45) is 0 Å². The van der Waals surface area contributed by atoms with Crippen molar-refractivity contribution >= 4 is 11.4 Å². The van der Waals surface area contributed by atoms with Crippen molar-refractivity contribution in [3.05, 3.63) is 17.9 Å². The summed E-state index contributed by atoms with van der Waals surface area (Å²) in [4.78, 5) is 0. The van der Waals surface area contributed by atoms with Crippen LogP contribution in [0.3, 0.4) is 0 Å². The number of nitrogens with one attached hydrogen (secondary N) is 1. The summed E-state index contributed by atoms with van der Waals surface area (Å²) in [5.41, 5.74) is 6.91. The molecule has 0 saturated heterocycles. The van der Waals surface area contributed by atoms with Crippen molar-refractivity contribution < 1.29 is 13.9 Å². The smallest absolute Gasteiger partial charge is 0.167 e. The van der Waals surface area contributed by atoms with Crippen LogP contribution in [0.1, 0.15) is 19.8 Å². The molecule has 4 nitrogen and oxygen atoms in total. The first-order valence-electron chi connectivity index (χ1n) is 6.15. The maximum Gasteiger partial charge on any atom is 0.167 e. The molecule has 1 aliphatic rings. The number of anilines is 2. The molecule has 100 valence electrons. The normalized spacial score (nSPS) is 22.4. The topological polar surface area (TPSA) is 56.5 Å². The molecule has 18 heavy (non-hydrogen) atoms. The van der Waals surface area contributed by atoms with Crippen molar-refractivity contribution in [2.45, 2.75) is 31.9 Å². The summed E-state index contributed by atoms with van der Waals surface area (Å²) in [6.07, 6.45) is 2.20. The van der Waals surface area contributed by atoms with Gasteiger partial charge in [-0.25, -0.2) is 4.39 Å². The average Bonchev–Trinajstić information content (AvgIpc) is 2.28. The van der Waals surface area contributed by atoms with E-state index in [1.165, 1.54) is 6.07 Å². The van der Waals surface area contributed by atoms with Crippen molar-refractivity contribution in [3.63, 3.8) is 0 Å². The Hall–Kier alpha value is -1.49. The second-order valence-corrected chi connectivity index (χ2v) is 4.47. The maximum absolute atomic E-state index is 13.5. The molecule has 0 bridgehead atoms. The summed E-state index contributed by atoms with van der Waals surface area (Å²) < 4.78 is 23.9. The van der Waals surface area contributed by atoms with Crippen molar-refractivity contribution in [3.8, 4) is 5.75 Å². The van der Waals surface area contributed by atoms with E-state index in [9.17, 15) is 4.39 Å². The Morgan fingerprint density at radius 2 is 2.17 bits per heavy atom. The third-order valence-corrected chi connectivity index (χ3v) is 3.19. The first-order chi connectivity index (χ1) is 8.63. The first kappa shape index (κ1) is 13.0. The summed E-state index contributed by atoms with van der Waals surface area (Å²) >= 11 is 0. The van der Waals surface area contributed by atoms with Gasteiger partial charge < -0.3 is 20.5 Å². The standard InChI is InChI=1S/C13H19FN2O2/c1-3-18-13-7-12(11(15)6-10(13)14)16-8-4-9(5-8)17-2/h6-9,16H,3-5,15H2,1-2H3. The Labute approximate surface area is 106 Å². The number of ether oxygens (including phenoxy) is 2. The second kappa shape index (κ2) is 5.44. The Bertz CT molecular complexity index is 420. The highest BCUT2D eigenvalue weighted by Gasteiger charge is 2.29. The van der Waals surface area contributed by atoms with Crippen LogP contribution in [-0.2, 0) is 4.74 Å². The molecule has 1 saturated carbocycles. The van der Waals surface area contributed by atoms with Gasteiger partial charge in [0.15, 0.2) is 11.6 Å². The molecule has 0 aliphatic heterocycles. The number of methoxy groups -OCH3 is 1. The largest absolute Gasteiger partial charge is 0.491 e. The summed E-state index contributed by atoms with van der Waals surface area (Å²) in [6, 6.07) is 3.24. The highest BCUT2D eigenvalue weighted by Crippen LogP contribution is 2.32. The summed E-state index contributed by atoms with van der Waals surface area (Å²) in [5.74, 6) is -0.194. The van der Waals surface area contributed by atoms with E-state index in [0.717, 1.165) is 18.5 Å². The molecule has 5 heteroatoms. The molecule has 0 aromatic heterocycles. The van der Waals surface area contributed by atoms with E-state index in [0.29, 0.717) is 24.4 Å². The lowest BCUT2D eigenvalue weighted by Gasteiger charge is -2.35. The van der Waals surface area contributed by atoms with Gasteiger partial charge in [-0.2, -0.15) is 0 Å². The maximum atomic E-state index is 13.5. The lowest BCUT2D eigenvalue weighted by Crippen LogP contribution is -2.40. The van der Waals surface area contributed by atoms with Crippen LogP contribution in [0, 0.1) is 5.82 Å². The minimum Gasteiger partial charge on any atom is -0.491 e. The predicted molar refractivity (Wildman–Crippen MR) is 69.4 cm³/mol. The summed E-state index contributed by atoms with van der Waals surface area (Å²) in [7, 11) is 1.71. The van der Waals surface area contributed by atoms with Crippen LogP contribution in [-0.4, -0.2) is 25.9 Å². The van der Waals surface area contributed by atoms with Crippen molar-refractivity contribution in [1.29, 1.82) is 0 Å². The van der Waals surface area contributed by atoms with Gasteiger partial charge in [0.25, 0.3) is 0 Å². The minimum atomic E-state index is -0.428. The first-order valence-corrected chi connectivity index (χ1v) is 6.15.